The average molecular weight is 474 g/mol. The van der Waals surface area contributed by atoms with Gasteiger partial charge in [-0.3, -0.25) is 19.5 Å². The van der Waals surface area contributed by atoms with Gasteiger partial charge in [-0.25, -0.2) is 4.98 Å². The number of anilines is 1. The zero-order chi connectivity index (χ0) is 22.1. The van der Waals surface area contributed by atoms with Crippen molar-refractivity contribution in [3.05, 3.63) is 56.4 Å². The second-order valence-corrected chi connectivity index (χ2v) is 9.61. The van der Waals surface area contributed by atoms with E-state index in [0.717, 1.165) is 16.1 Å². The number of halogens is 1. The monoisotopic (exact) mass is 473 g/mol. The van der Waals surface area contributed by atoms with E-state index >= 15 is 0 Å². The Kier molecular flexibility index (Phi) is 6.17. The summed E-state index contributed by atoms with van der Waals surface area (Å²) in [5.74, 6) is -0.0929. The van der Waals surface area contributed by atoms with Crippen LogP contribution in [0.25, 0.3) is 21.3 Å². The van der Waals surface area contributed by atoms with Crippen LogP contribution in [0.5, 0.6) is 0 Å². The summed E-state index contributed by atoms with van der Waals surface area (Å²) in [5.41, 5.74) is 1.41. The molecule has 1 unspecified atom stereocenters. The number of amides is 1. The van der Waals surface area contributed by atoms with Crippen molar-refractivity contribution in [3.63, 3.8) is 0 Å². The number of rotatable bonds is 6. The van der Waals surface area contributed by atoms with Crippen molar-refractivity contribution in [2.75, 3.05) is 5.32 Å². The van der Waals surface area contributed by atoms with E-state index < -0.39 is 6.04 Å². The van der Waals surface area contributed by atoms with Crippen molar-refractivity contribution in [1.82, 2.24) is 19.7 Å². The number of benzene rings is 1. The molecule has 0 spiro atoms. The predicted octanol–water partition coefficient (Wildman–Crippen LogP) is 5.34. The standard InChI is InChI=1S/C21H20ClN5O2S2/c1-4-15(17(28)24-21-26-25-18(31-21)11(2)3)27-10-23-19-16(20(27)29)14(9-30-19)12-5-7-13(22)8-6-12/h5-11,15H,4H2,1-3H3,(H,24,26,28). The van der Waals surface area contributed by atoms with Crippen molar-refractivity contribution in [2.24, 2.45) is 0 Å². The van der Waals surface area contributed by atoms with Crippen molar-refractivity contribution in [2.45, 2.75) is 39.2 Å². The fraction of sp³-hybridized carbons (Fsp3) is 0.286. The number of nitrogens with zero attached hydrogens (tertiary/aromatic N) is 4. The minimum absolute atomic E-state index is 0.226. The Morgan fingerprint density at radius 1 is 1.23 bits per heavy atom. The minimum atomic E-state index is -0.714. The highest BCUT2D eigenvalue weighted by Crippen LogP contribution is 2.32. The van der Waals surface area contributed by atoms with Crippen molar-refractivity contribution in [1.29, 1.82) is 0 Å². The van der Waals surface area contributed by atoms with Gasteiger partial charge in [0.1, 0.15) is 15.9 Å². The first-order chi connectivity index (χ1) is 14.9. The van der Waals surface area contributed by atoms with E-state index in [-0.39, 0.29) is 17.4 Å². The molecule has 4 rings (SSSR count). The molecule has 31 heavy (non-hydrogen) atoms. The molecule has 0 bridgehead atoms. The van der Waals surface area contributed by atoms with Crippen LogP contribution in [0, 0.1) is 0 Å². The normalized spacial score (nSPS) is 12.4. The third-order valence-corrected chi connectivity index (χ3v) is 7.14. The van der Waals surface area contributed by atoms with Gasteiger partial charge < -0.3 is 0 Å². The van der Waals surface area contributed by atoms with Crippen molar-refractivity contribution < 1.29 is 4.79 Å². The van der Waals surface area contributed by atoms with E-state index in [1.807, 2.05) is 38.3 Å². The van der Waals surface area contributed by atoms with Gasteiger partial charge in [0.05, 0.1) is 11.7 Å². The lowest BCUT2D eigenvalue weighted by Crippen LogP contribution is -2.33. The highest BCUT2D eigenvalue weighted by atomic mass is 35.5. The molecule has 0 aliphatic rings. The molecule has 0 fully saturated rings. The summed E-state index contributed by atoms with van der Waals surface area (Å²) in [7, 11) is 0. The molecular formula is C21H20ClN5O2S2. The second-order valence-electron chi connectivity index (χ2n) is 7.31. The molecule has 1 N–H and O–H groups in total. The fourth-order valence-corrected chi connectivity index (χ4v) is 5.01. The van der Waals surface area contributed by atoms with Crippen LogP contribution in [0.1, 0.15) is 44.2 Å². The van der Waals surface area contributed by atoms with Crippen LogP contribution in [0.15, 0.2) is 40.8 Å². The molecule has 1 aromatic carbocycles. The van der Waals surface area contributed by atoms with E-state index in [4.69, 9.17) is 11.6 Å². The molecule has 0 aliphatic heterocycles. The van der Waals surface area contributed by atoms with Crippen LogP contribution < -0.4 is 10.9 Å². The van der Waals surface area contributed by atoms with Crippen LogP contribution in [-0.2, 0) is 4.79 Å². The first kappa shape index (κ1) is 21.6. The van der Waals surface area contributed by atoms with Crippen LogP contribution in [0.2, 0.25) is 5.02 Å². The second kappa shape index (κ2) is 8.86. The molecule has 1 amide bonds. The number of fused-ring (bicyclic) bond motifs is 1. The third-order valence-electron chi connectivity index (χ3n) is 4.86. The van der Waals surface area contributed by atoms with Gasteiger partial charge in [-0.15, -0.1) is 21.5 Å². The maximum atomic E-state index is 13.4. The number of thiophene rings is 1. The summed E-state index contributed by atoms with van der Waals surface area (Å²) < 4.78 is 1.40. The quantitative estimate of drug-likeness (QED) is 0.408. The highest BCUT2D eigenvalue weighted by Gasteiger charge is 2.24. The van der Waals surface area contributed by atoms with Gasteiger partial charge in [0.2, 0.25) is 11.0 Å². The van der Waals surface area contributed by atoms with Gasteiger partial charge in [0.25, 0.3) is 5.56 Å². The van der Waals surface area contributed by atoms with E-state index in [2.05, 4.69) is 20.5 Å². The van der Waals surface area contributed by atoms with Crippen molar-refractivity contribution in [3.8, 4) is 11.1 Å². The summed E-state index contributed by atoms with van der Waals surface area (Å²) in [4.78, 5) is 31.4. The number of carbonyl (C=O) groups excluding carboxylic acids is 1. The van der Waals surface area contributed by atoms with Crippen LogP contribution >= 0.6 is 34.3 Å². The number of hydrogen-bond acceptors (Lipinski definition) is 7. The van der Waals surface area contributed by atoms with Gasteiger partial charge >= 0.3 is 0 Å². The topological polar surface area (TPSA) is 89.8 Å². The molecule has 1 atom stereocenters. The zero-order valence-electron chi connectivity index (χ0n) is 17.1. The third kappa shape index (κ3) is 4.26. The molecule has 0 radical (unpaired) electrons. The SMILES string of the molecule is CCC(C(=O)Nc1nnc(C(C)C)s1)n1cnc2scc(-c3ccc(Cl)cc3)c2c1=O. The molecule has 4 aromatic rings. The number of aromatic nitrogens is 4. The predicted molar refractivity (Wildman–Crippen MR) is 126 cm³/mol. The molecule has 3 aromatic heterocycles. The average Bonchev–Trinajstić information content (AvgIpc) is 3.38. The Hall–Kier alpha value is -2.62. The molecule has 0 saturated heterocycles. The lowest BCUT2D eigenvalue weighted by Gasteiger charge is -2.16. The van der Waals surface area contributed by atoms with E-state index in [1.54, 1.807) is 12.1 Å². The van der Waals surface area contributed by atoms with Crippen LogP contribution in [0.3, 0.4) is 0 Å². The Morgan fingerprint density at radius 2 is 1.97 bits per heavy atom. The Balaban J connectivity index is 1.70. The van der Waals surface area contributed by atoms with E-state index in [1.165, 1.54) is 33.6 Å². The number of carbonyl (C=O) groups is 1. The molecule has 160 valence electrons. The molecule has 10 heteroatoms. The minimum Gasteiger partial charge on any atom is -0.299 e. The Morgan fingerprint density at radius 3 is 2.61 bits per heavy atom. The largest absolute Gasteiger partial charge is 0.299 e. The summed E-state index contributed by atoms with van der Waals surface area (Å²) >= 11 is 8.73. The van der Waals surface area contributed by atoms with Crippen LogP contribution in [-0.4, -0.2) is 25.7 Å². The van der Waals surface area contributed by atoms with Crippen LogP contribution in [0.4, 0.5) is 5.13 Å². The van der Waals surface area contributed by atoms with Gasteiger partial charge in [-0.05, 0) is 24.1 Å². The Labute approximate surface area is 191 Å². The zero-order valence-corrected chi connectivity index (χ0v) is 19.5. The smallest absolute Gasteiger partial charge is 0.263 e. The summed E-state index contributed by atoms with van der Waals surface area (Å²) in [6.07, 6.45) is 1.87. The van der Waals surface area contributed by atoms with E-state index in [9.17, 15) is 9.59 Å². The van der Waals surface area contributed by atoms with Gasteiger partial charge in [-0.1, -0.05) is 55.8 Å². The van der Waals surface area contributed by atoms with Gasteiger partial charge in [0, 0.05) is 21.9 Å². The maximum absolute atomic E-state index is 13.4. The molecule has 7 nitrogen and oxygen atoms in total. The maximum Gasteiger partial charge on any atom is 0.263 e. The summed E-state index contributed by atoms with van der Waals surface area (Å²) in [6.45, 7) is 5.88. The first-order valence-corrected chi connectivity index (χ1v) is 11.8. The summed E-state index contributed by atoms with van der Waals surface area (Å²) in [5, 5.41) is 15.2. The first-order valence-electron chi connectivity index (χ1n) is 9.77. The fourth-order valence-electron chi connectivity index (χ4n) is 3.22. The molecule has 3 heterocycles. The molecule has 0 saturated carbocycles. The number of nitrogens with one attached hydrogen (secondary N) is 1. The number of hydrogen-bond donors (Lipinski definition) is 1. The Bertz CT molecular complexity index is 1290. The lowest BCUT2D eigenvalue weighted by atomic mass is 10.1. The summed E-state index contributed by atoms with van der Waals surface area (Å²) in [6, 6.07) is 6.59. The molecule has 0 aliphatic carbocycles. The molecular weight excluding hydrogens is 454 g/mol. The van der Waals surface area contributed by atoms with Crippen molar-refractivity contribution >= 4 is 55.5 Å². The van der Waals surface area contributed by atoms with Gasteiger partial charge in [-0.2, -0.15) is 0 Å². The van der Waals surface area contributed by atoms with E-state index in [0.29, 0.717) is 26.8 Å². The lowest BCUT2D eigenvalue weighted by molar-refractivity contribution is -0.119. The highest BCUT2D eigenvalue weighted by molar-refractivity contribution is 7.17. The van der Waals surface area contributed by atoms with Gasteiger partial charge in [0.15, 0.2) is 0 Å².